The highest BCUT2D eigenvalue weighted by Gasteiger charge is 2.69. The molecular formula is C12H11F8O8S-. The number of ether oxygens (including phenoxy) is 3. The molecule has 170 valence electrons. The van der Waals surface area contributed by atoms with Crippen molar-refractivity contribution in [3.8, 4) is 0 Å². The Morgan fingerprint density at radius 3 is 1.79 bits per heavy atom. The van der Waals surface area contributed by atoms with Gasteiger partial charge in [-0.1, -0.05) is 6.58 Å². The van der Waals surface area contributed by atoms with Gasteiger partial charge in [0, 0.05) is 0 Å². The van der Waals surface area contributed by atoms with E-state index in [4.69, 9.17) is 0 Å². The highest BCUT2D eigenvalue weighted by molar-refractivity contribution is 7.86. The predicted octanol–water partition coefficient (Wildman–Crippen LogP) is 2.01. The molecule has 0 rings (SSSR count). The highest BCUT2D eigenvalue weighted by atomic mass is 32.2. The third-order valence-corrected chi connectivity index (χ3v) is 3.47. The van der Waals surface area contributed by atoms with Gasteiger partial charge in [-0.2, -0.15) is 35.1 Å². The first-order valence-corrected chi connectivity index (χ1v) is 8.24. The Morgan fingerprint density at radius 1 is 1.03 bits per heavy atom. The second kappa shape index (κ2) is 8.39. The van der Waals surface area contributed by atoms with Crippen LogP contribution in [0.4, 0.5) is 35.1 Å². The maximum Gasteiger partial charge on any atom is 0.468 e. The fourth-order valence-corrected chi connectivity index (χ4v) is 1.45. The molecule has 8 nitrogen and oxygen atoms in total. The van der Waals surface area contributed by atoms with E-state index >= 15 is 0 Å². The smallest absolute Gasteiger partial charge is 0.468 e. The summed E-state index contributed by atoms with van der Waals surface area (Å²) >= 11 is 0. The topological polar surface area (TPSA) is 119 Å². The Kier molecular flexibility index (Phi) is 7.81. The zero-order chi connectivity index (χ0) is 23.6. The van der Waals surface area contributed by atoms with Crippen LogP contribution in [0.25, 0.3) is 0 Å². The first kappa shape index (κ1) is 27.0. The number of hydrogen-bond donors (Lipinski definition) is 0. The third kappa shape index (κ3) is 6.49. The number of hydrogen-bond acceptors (Lipinski definition) is 8. The lowest BCUT2D eigenvalue weighted by molar-refractivity contribution is -0.361. The lowest BCUT2D eigenvalue weighted by Gasteiger charge is -2.34. The molecule has 0 bridgehead atoms. The summed E-state index contributed by atoms with van der Waals surface area (Å²) in [4.78, 5) is 23.1. The molecule has 17 heteroatoms. The normalized spacial score (nSPS) is 15.6. The van der Waals surface area contributed by atoms with Gasteiger partial charge >= 0.3 is 35.3 Å². The van der Waals surface area contributed by atoms with E-state index < -0.39 is 63.7 Å². The SMILES string of the molecule is C=C(C(=O)OC(OCC(F)(F)S(=O)(=O)[O-])(C(=O)OC(C)C)C(F)(F)F)C(F)(F)F. The maximum atomic E-state index is 13.4. The first-order valence-electron chi connectivity index (χ1n) is 6.83. The van der Waals surface area contributed by atoms with Crippen molar-refractivity contribution < 1.29 is 71.9 Å². The Balaban J connectivity index is 6.34. The molecule has 0 saturated carbocycles. The highest BCUT2D eigenvalue weighted by Crippen LogP contribution is 2.40. The number of esters is 2. The Hall–Kier alpha value is -2.01. The molecule has 0 aliphatic heterocycles. The summed E-state index contributed by atoms with van der Waals surface area (Å²) in [7, 11) is -6.65. The summed E-state index contributed by atoms with van der Waals surface area (Å²) in [6, 6.07) is 0. The van der Waals surface area contributed by atoms with Crippen LogP contribution < -0.4 is 0 Å². The number of alkyl halides is 8. The predicted molar refractivity (Wildman–Crippen MR) is 71.9 cm³/mol. The minimum absolute atomic E-state index is 0.909. The molecule has 0 amide bonds. The Morgan fingerprint density at radius 2 is 1.48 bits per heavy atom. The van der Waals surface area contributed by atoms with Gasteiger partial charge in [-0.15, -0.1) is 0 Å². The Bertz CT molecular complexity index is 755. The maximum absolute atomic E-state index is 13.4. The molecule has 0 spiro atoms. The molecule has 1 atom stereocenters. The summed E-state index contributed by atoms with van der Waals surface area (Å²) in [5.74, 6) is -11.1. The molecule has 0 saturated heterocycles. The van der Waals surface area contributed by atoms with E-state index in [1.165, 1.54) is 0 Å². The summed E-state index contributed by atoms with van der Waals surface area (Å²) in [5, 5.41) is -5.60. The van der Waals surface area contributed by atoms with Crippen LogP contribution in [0.15, 0.2) is 12.2 Å². The summed E-state index contributed by atoms with van der Waals surface area (Å²) < 4.78 is 146. The fourth-order valence-electron chi connectivity index (χ4n) is 1.24. The van der Waals surface area contributed by atoms with Crippen molar-refractivity contribution in [2.45, 2.75) is 43.3 Å². The van der Waals surface area contributed by atoms with Crippen LogP contribution in [0.1, 0.15) is 13.8 Å². The molecule has 0 aromatic carbocycles. The fraction of sp³-hybridized carbons (Fsp3) is 0.667. The van der Waals surface area contributed by atoms with Gasteiger partial charge in [0.15, 0.2) is 10.1 Å². The van der Waals surface area contributed by atoms with E-state index in [0.29, 0.717) is 0 Å². The van der Waals surface area contributed by atoms with Gasteiger partial charge in [-0.25, -0.2) is 18.0 Å². The minimum atomic E-state index is -6.65. The molecule has 0 aliphatic rings. The third-order valence-electron chi connectivity index (χ3n) is 2.62. The molecule has 0 N–H and O–H groups in total. The molecule has 0 aliphatic carbocycles. The monoisotopic (exact) mass is 467 g/mol. The van der Waals surface area contributed by atoms with E-state index in [1.54, 1.807) is 0 Å². The van der Waals surface area contributed by atoms with Crippen molar-refractivity contribution >= 4 is 22.1 Å². The van der Waals surface area contributed by atoms with Crippen LogP contribution >= 0.6 is 0 Å². The second-order valence-corrected chi connectivity index (χ2v) is 6.82. The number of rotatable bonds is 8. The molecular weight excluding hydrogens is 456 g/mol. The first-order chi connectivity index (χ1) is 12.6. The zero-order valence-corrected chi connectivity index (χ0v) is 15.0. The zero-order valence-electron chi connectivity index (χ0n) is 14.2. The van der Waals surface area contributed by atoms with Crippen molar-refractivity contribution in [2.24, 2.45) is 0 Å². The molecule has 0 aromatic rings. The van der Waals surface area contributed by atoms with Crippen molar-refractivity contribution in [1.29, 1.82) is 0 Å². The number of carbonyl (C=O) groups excluding carboxylic acids is 2. The molecule has 0 radical (unpaired) electrons. The average Bonchev–Trinajstić information content (AvgIpc) is 2.46. The minimum Gasteiger partial charge on any atom is -0.743 e. The standard InChI is InChI=1S/C12H12F8O8S/c1-5(2)27-8(22)10(12(18,19)20,26-4-9(13,14)29(23,24)25)28-7(21)6(3)11(15,16)17/h5H,3-4H2,1-2H3,(H,23,24,25)/p-1. The molecule has 29 heavy (non-hydrogen) atoms. The van der Waals surface area contributed by atoms with Crippen molar-refractivity contribution in [2.75, 3.05) is 6.61 Å². The second-order valence-electron chi connectivity index (χ2n) is 5.31. The van der Waals surface area contributed by atoms with Gasteiger partial charge in [0.05, 0.1) is 6.10 Å². The largest absolute Gasteiger partial charge is 0.743 e. The van der Waals surface area contributed by atoms with Crippen LogP contribution in [-0.4, -0.2) is 61.0 Å². The lowest BCUT2D eigenvalue weighted by atomic mass is 10.2. The van der Waals surface area contributed by atoms with E-state index in [-0.39, 0.29) is 0 Å². The molecule has 0 heterocycles. The van der Waals surface area contributed by atoms with Crippen molar-refractivity contribution in [3.63, 3.8) is 0 Å². The van der Waals surface area contributed by atoms with E-state index in [1.807, 2.05) is 0 Å². The molecule has 1 unspecified atom stereocenters. The van der Waals surface area contributed by atoms with Gasteiger partial charge < -0.3 is 18.8 Å². The van der Waals surface area contributed by atoms with E-state index in [9.17, 15) is 57.7 Å². The van der Waals surface area contributed by atoms with Crippen LogP contribution in [0.2, 0.25) is 0 Å². The summed E-state index contributed by atoms with van der Waals surface area (Å²) in [6.07, 6.45) is -13.5. The number of halogens is 8. The molecule has 0 aromatic heterocycles. The van der Waals surface area contributed by atoms with Gasteiger partial charge in [0.1, 0.15) is 12.2 Å². The Labute approximate surface area is 157 Å². The van der Waals surface area contributed by atoms with E-state index in [0.717, 1.165) is 13.8 Å². The van der Waals surface area contributed by atoms with Gasteiger partial charge in [0.25, 0.3) is 0 Å². The number of carbonyl (C=O) groups is 2. The van der Waals surface area contributed by atoms with Gasteiger partial charge in [-0.3, -0.25) is 0 Å². The van der Waals surface area contributed by atoms with Crippen LogP contribution in [0.3, 0.4) is 0 Å². The lowest BCUT2D eigenvalue weighted by Crippen LogP contribution is -2.60. The van der Waals surface area contributed by atoms with Crippen molar-refractivity contribution in [3.05, 3.63) is 12.2 Å². The average molecular weight is 467 g/mol. The van der Waals surface area contributed by atoms with Crippen LogP contribution in [-0.2, 0) is 33.9 Å². The van der Waals surface area contributed by atoms with Gasteiger partial charge in [0.2, 0.25) is 0 Å². The van der Waals surface area contributed by atoms with Crippen LogP contribution in [0, 0.1) is 0 Å². The molecule has 0 fully saturated rings. The van der Waals surface area contributed by atoms with E-state index in [2.05, 4.69) is 20.8 Å². The van der Waals surface area contributed by atoms with Crippen molar-refractivity contribution in [1.82, 2.24) is 0 Å². The van der Waals surface area contributed by atoms with Gasteiger partial charge in [-0.05, 0) is 13.8 Å². The summed E-state index contributed by atoms with van der Waals surface area (Å²) in [5.41, 5.74) is -2.60. The van der Waals surface area contributed by atoms with Crippen LogP contribution in [0.5, 0.6) is 0 Å². The quantitative estimate of drug-likeness (QED) is 0.175. The summed E-state index contributed by atoms with van der Waals surface area (Å²) in [6.45, 7) is 0.879.